The fraction of sp³-hybridized carbons (Fsp3) is 0.316. The van der Waals surface area contributed by atoms with Crippen LogP contribution in [0.3, 0.4) is 0 Å². The highest BCUT2D eigenvalue weighted by molar-refractivity contribution is 7.80. The van der Waals surface area contributed by atoms with Crippen molar-refractivity contribution in [3.8, 4) is 11.5 Å². The van der Waals surface area contributed by atoms with E-state index in [0.717, 1.165) is 30.0 Å². The first-order valence-corrected chi connectivity index (χ1v) is 8.53. The van der Waals surface area contributed by atoms with E-state index in [2.05, 4.69) is 28.8 Å². The van der Waals surface area contributed by atoms with Crippen LogP contribution >= 0.6 is 12.2 Å². The van der Waals surface area contributed by atoms with Crippen LogP contribution in [0.5, 0.6) is 11.5 Å². The number of ether oxygens (including phenoxy) is 2. The second-order valence-electron chi connectivity index (χ2n) is 5.80. The van der Waals surface area contributed by atoms with E-state index in [4.69, 9.17) is 21.7 Å². The molecule has 0 atom stereocenters. The molecule has 5 heteroatoms. The van der Waals surface area contributed by atoms with Gasteiger partial charge in [0.2, 0.25) is 0 Å². The van der Waals surface area contributed by atoms with Gasteiger partial charge in [0.15, 0.2) is 5.11 Å². The number of rotatable bonds is 4. The van der Waals surface area contributed by atoms with E-state index in [1.54, 1.807) is 14.2 Å². The number of nitrogens with one attached hydrogen (secondary N) is 2. The number of hydrogen-bond donors (Lipinski definition) is 2. The molecule has 0 unspecified atom stereocenters. The Morgan fingerprint density at radius 1 is 0.958 bits per heavy atom. The van der Waals surface area contributed by atoms with Gasteiger partial charge in [-0.05, 0) is 67.2 Å². The lowest BCUT2D eigenvalue weighted by atomic mass is 9.90. The van der Waals surface area contributed by atoms with Crippen LogP contribution in [-0.4, -0.2) is 19.3 Å². The molecule has 126 valence electrons. The van der Waals surface area contributed by atoms with Crippen LogP contribution in [0.15, 0.2) is 36.4 Å². The van der Waals surface area contributed by atoms with Crippen molar-refractivity contribution in [1.82, 2.24) is 0 Å². The van der Waals surface area contributed by atoms with Gasteiger partial charge in [0.1, 0.15) is 11.5 Å². The van der Waals surface area contributed by atoms with Gasteiger partial charge in [-0.1, -0.05) is 12.1 Å². The molecule has 0 saturated carbocycles. The molecule has 1 aliphatic carbocycles. The van der Waals surface area contributed by atoms with E-state index < -0.39 is 0 Å². The number of anilines is 2. The first-order valence-electron chi connectivity index (χ1n) is 8.12. The number of thiocarbonyl (C=S) groups is 1. The predicted molar refractivity (Wildman–Crippen MR) is 102 cm³/mol. The van der Waals surface area contributed by atoms with Gasteiger partial charge in [-0.3, -0.25) is 0 Å². The smallest absolute Gasteiger partial charge is 0.175 e. The third-order valence-corrected chi connectivity index (χ3v) is 4.51. The third kappa shape index (κ3) is 3.62. The fourth-order valence-electron chi connectivity index (χ4n) is 3.08. The molecule has 1 aliphatic rings. The number of benzene rings is 2. The standard InChI is InChI=1S/C19H22N2O2S/c1-22-14-10-11-17(18(12-14)23-2)21-19(24)20-16-9-5-7-13-6-3-4-8-15(13)16/h5,7,9-12H,3-4,6,8H2,1-2H3,(H2,20,21,24). The van der Waals surface area contributed by atoms with Gasteiger partial charge in [0.25, 0.3) is 0 Å². The third-order valence-electron chi connectivity index (χ3n) is 4.30. The Morgan fingerprint density at radius 2 is 1.75 bits per heavy atom. The van der Waals surface area contributed by atoms with Crippen LogP contribution in [0.1, 0.15) is 24.0 Å². The molecule has 24 heavy (non-hydrogen) atoms. The summed E-state index contributed by atoms with van der Waals surface area (Å²) in [6.45, 7) is 0. The molecule has 2 N–H and O–H groups in total. The summed E-state index contributed by atoms with van der Waals surface area (Å²) in [6, 6.07) is 12.0. The first-order chi connectivity index (χ1) is 11.7. The van der Waals surface area contributed by atoms with Crippen molar-refractivity contribution < 1.29 is 9.47 Å². The van der Waals surface area contributed by atoms with E-state index in [1.807, 2.05) is 18.2 Å². The van der Waals surface area contributed by atoms with Crippen molar-refractivity contribution in [3.05, 3.63) is 47.5 Å². The van der Waals surface area contributed by atoms with Crippen molar-refractivity contribution >= 4 is 28.7 Å². The number of hydrogen-bond acceptors (Lipinski definition) is 3. The van der Waals surface area contributed by atoms with Gasteiger partial charge < -0.3 is 20.1 Å². The maximum Gasteiger partial charge on any atom is 0.175 e. The Labute approximate surface area is 148 Å². The van der Waals surface area contributed by atoms with Gasteiger partial charge >= 0.3 is 0 Å². The summed E-state index contributed by atoms with van der Waals surface area (Å²) < 4.78 is 10.6. The molecule has 4 nitrogen and oxygen atoms in total. The second kappa shape index (κ2) is 7.53. The molecular weight excluding hydrogens is 320 g/mol. The largest absolute Gasteiger partial charge is 0.497 e. The lowest BCUT2D eigenvalue weighted by Gasteiger charge is -2.21. The molecule has 0 fully saturated rings. The Bertz CT molecular complexity index is 746. The van der Waals surface area contributed by atoms with E-state index in [9.17, 15) is 0 Å². The van der Waals surface area contributed by atoms with Crippen molar-refractivity contribution in [1.29, 1.82) is 0 Å². The van der Waals surface area contributed by atoms with Crippen molar-refractivity contribution in [3.63, 3.8) is 0 Å². The molecule has 0 aliphatic heterocycles. The van der Waals surface area contributed by atoms with E-state index in [-0.39, 0.29) is 0 Å². The number of aryl methyl sites for hydroxylation is 1. The Morgan fingerprint density at radius 3 is 2.54 bits per heavy atom. The van der Waals surface area contributed by atoms with Gasteiger partial charge in [0, 0.05) is 11.8 Å². The highest BCUT2D eigenvalue weighted by Crippen LogP contribution is 2.30. The molecule has 0 saturated heterocycles. The topological polar surface area (TPSA) is 42.5 Å². The Hall–Kier alpha value is -2.27. The zero-order valence-corrected chi connectivity index (χ0v) is 14.8. The maximum absolute atomic E-state index is 5.48. The molecule has 2 aromatic rings. The van der Waals surface area contributed by atoms with E-state index in [0.29, 0.717) is 10.9 Å². The summed E-state index contributed by atoms with van der Waals surface area (Å²) in [4.78, 5) is 0. The lowest BCUT2D eigenvalue weighted by molar-refractivity contribution is 0.395. The molecule has 0 heterocycles. The molecule has 0 amide bonds. The minimum atomic E-state index is 0.553. The summed E-state index contributed by atoms with van der Waals surface area (Å²) in [5, 5.41) is 7.09. The van der Waals surface area contributed by atoms with Crippen molar-refractivity contribution in [2.24, 2.45) is 0 Å². The van der Waals surface area contributed by atoms with Gasteiger partial charge in [-0.25, -0.2) is 0 Å². The minimum absolute atomic E-state index is 0.553. The van der Waals surface area contributed by atoms with E-state index >= 15 is 0 Å². The number of methoxy groups -OCH3 is 2. The molecule has 3 rings (SSSR count). The zero-order chi connectivity index (χ0) is 16.9. The summed E-state index contributed by atoms with van der Waals surface area (Å²) in [7, 11) is 3.26. The van der Waals surface area contributed by atoms with Crippen LogP contribution in [0.4, 0.5) is 11.4 Å². The highest BCUT2D eigenvalue weighted by atomic mass is 32.1. The second-order valence-corrected chi connectivity index (χ2v) is 6.20. The fourth-order valence-corrected chi connectivity index (χ4v) is 3.30. The first kappa shape index (κ1) is 16.6. The molecule has 0 aromatic heterocycles. The minimum Gasteiger partial charge on any atom is -0.497 e. The molecule has 0 radical (unpaired) electrons. The van der Waals surface area contributed by atoms with Crippen LogP contribution in [0.2, 0.25) is 0 Å². The van der Waals surface area contributed by atoms with Gasteiger partial charge in [-0.2, -0.15) is 0 Å². The predicted octanol–water partition coefficient (Wildman–Crippen LogP) is 4.39. The van der Waals surface area contributed by atoms with Gasteiger partial charge in [0.05, 0.1) is 19.9 Å². The van der Waals surface area contributed by atoms with Crippen LogP contribution in [0, 0.1) is 0 Å². The van der Waals surface area contributed by atoms with Crippen LogP contribution in [0.25, 0.3) is 0 Å². The van der Waals surface area contributed by atoms with Crippen molar-refractivity contribution in [2.45, 2.75) is 25.7 Å². The normalized spacial score (nSPS) is 12.9. The van der Waals surface area contributed by atoms with E-state index in [1.165, 1.54) is 24.0 Å². The summed E-state index contributed by atoms with van der Waals surface area (Å²) in [5.41, 5.74) is 4.71. The van der Waals surface area contributed by atoms with Crippen LogP contribution < -0.4 is 20.1 Å². The molecule has 0 bridgehead atoms. The van der Waals surface area contributed by atoms with Crippen molar-refractivity contribution in [2.75, 3.05) is 24.9 Å². The SMILES string of the molecule is COc1ccc(NC(=S)Nc2cccc3c2CCCC3)c(OC)c1. The summed E-state index contributed by atoms with van der Waals surface area (Å²) >= 11 is 5.48. The Balaban J connectivity index is 1.75. The molecular formula is C19H22N2O2S. The number of fused-ring (bicyclic) bond motifs is 1. The molecule has 2 aromatic carbocycles. The monoisotopic (exact) mass is 342 g/mol. The lowest BCUT2D eigenvalue weighted by Crippen LogP contribution is -2.21. The summed E-state index contributed by atoms with van der Waals surface area (Å²) in [6.07, 6.45) is 4.75. The molecule has 0 spiro atoms. The summed E-state index contributed by atoms with van der Waals surface area (Å²) in [5.74, 6) is 1.43. The van der Waals surface area contributed by atoms with Gasteiger partial charge in [-0.15, -0.1) is 0 Å². The van der Waals surface area contributed by atoms with Crippen LogP contribution in [-0.2, 0) is 12.8 Å². The Kier molecular flexibility index (Phi) is 5.20. The zero-order valence-electron chi connectivity index (χ0n) is 14.0. The highest BCUT2D eigenvalue weighted by Gasteiger charge is 2.14. The average Bonchev–Trinajstić information content (AvgIpc) is 2.62. The maximum atomic E-state index is 5.48. The average molecular weight is 342 g/mol. The quantitative estimate of drug-likeness (QED) is 0.807.